The van der Waals surface area contributed by atoms with Crippen molar-refractivity contribution in [3.63, 3.8) is 0 Å². The number of aromatic nitrogens is 1. The zero-order chi connectivity index (χ0) is 6.69. The molecule has 0 unspecified atom stereocenters. The Bertz CT molecular complexity index is 202. The van der Waals surface area contributed by atoms with Crippen LogP contribution in [0.1, 0.15) is 0 Å². The van der Waals surface area contributed by atoms with Gasteiger partial charge in [0, 0.05) is 6.20 Å². The van der Waals surface area contributed by atoms with E-state index in [1.807, 2.05) is 0 Å². The van der Waals surface area contributed by atoms with Gasteiger partial charge in [-0.2, -0.15) is 0 Å². The minimum atomic E-state index is 0.514. The molecule has 0 spiro atoms. The maximum atomic E-state index is 4.88. The van der Waals surface area contributed by atoms with Crippen LogP contribution in [0, 0.1) is 0 Å². The van der Waals surface area contributed by atoms with E-state index < -0.39 is 0 Å². The lowest BCUT2D eigenvalue weighted by Crippen LogP contribution is -1.85. The highest BCUT2D eigenvalue weighted by Crippen LogP contribution is 2.16. The molecule has 0 fully saturated rings. The molecular formula is C6H6NOS. The molecule has 3 heteroatoms. The highest BCUT2D eigenvalue weighted by Gasteiger charge is 1.95. The van der Waals surface area contributed by atoms with E-state index in [0.717, 1.165) is 0 Å². The van der Waals surface area contributed by atoms with E-state index in [-0.39, 0.29) is 0 Å². The summed E-state index contributed by atoms with van der Waals surface area (Å²) in [6, 6.07) is 3.57. The number of pyridine rings is 1. The Hall–Kier alpha value is -0.830. The molecule has 1 aromatic heterocycles. The van der Waals surface area contributed by atoms with E-state index >= 15 is 0 Å². The van der Waals surface area contributed by atoms with Crippen molar-refractivity contribution in [2.45, 2.75) is 5.03 Å². The molecule has 0 amide bonds. The summed E-state index contributed by atoms with van der Waals surface area (Å²) in [5.41, 5.74) is 0. The molecule has 47 valence electrons. The molecule has 0 bridgehead atoms. The molecule has 0 saturated heterocycles. The zero-order valence-corrected chi connectivity index (χ0v) is 5.81. The van der Waals surface area contributed by atoms with Gasteiger partial charge in [-0.1, -0.05) is 12.6 Å². The van der Waals surface area contributed by atoms with Gasteiger partial charge in [-0.15, -0.1) is 0 Å². The first-order valence-corrected chi connectivity index (χ1v) is 2.91. The number of nitrogens with zero attached hydrogens (tertiary/aromatic N) is 1. The van der Waals surface area contributed by atoms with Crippen molar-refractivity contribution >= 4 is 12.6 Å². The van der Waals surface area contributed by atoms with E-state index in [1.165, 1.54) is 0 Å². The Morgan fingerprint density at radius 1 is 1.67 bits per heavy atom. The average Bonchev–Trinajstić information content (AvgIpc) is 1.89. The summed E-state index contributed by atoms with van der Waals surface area (Å²) >= 11 is 4.82. The van der Waals surface area contributed by atoms with Gasteiger partial charge in [0.15, 0.2) is 10.8 Å². The Balaban J connectivity index is 3.01. The first kappa shape index (κ1) is 6.29. The lowest BCUT2D eigenvalue weighted by molar-refractivity contribution is 0.401. The minimum Gasteiger partial charge on any atom is -0.494 e. The van der Waals surface area contributed by atoms with Crippen LogP contribution in [0.15, 0.2) is 23.4 Å². The largest absolute Gasteiger partial charge is 0.494 e. The van der Waals surface area contributed by atoms with Crippen molar-refractivity contribution < 1.29 is 4.74 Å². The van der Waals surface area contributed by atoms with E-state index in [0.29, 0.717) is 10.8 Å². The molecule has 0 aliphatic carbocycles. The fourth-order valence-electron chi connectivity index (χ4n) is 0.531. The van der Waals surface area contributed by atoms with Crippen LogP contribution in [0.25, 0.3) is 0 Å². The van der Waals surface area contributed by atoms with E-state index in [9.17, 15) is 0 Å². The SMILES string of the molecule is COc1cccnc1[S]. The van der Waals surface area contributed by atoms with E-state index in [4.69, 9.17) is 17.4 Å². The Kier molecular flexibility index (Phi) is 1.85. The van der Waals surface area contributed by atoms with E-state index in [1.54, 1.807) is 25.4 Å². The molecule has 0 aliphatic rings. The van der Waals surface area contributed by atoms with Crippen LogP contribution in [0.5, 0.6) is 5.75 Å². The summed E-state index contributed by atoms with van der Waals surface area (Å²) in [6.07, 6.45) is 1.64. The van der Waals surface area contributed by atoms with Crippen LogP contribution in [0.4, 0.5) is 0 Å². The van der Waals surface area contributed by atoms with Gasteiger partial charge in [0.2, 0.25) is 0 Å². The van der Waals surface area contributed by atoms with E-state index in [2.05, 4.69) is 4.98 Å². The smallest absolute Gasteiger partial charge is 0.168 e. The number of ether oxygens (including phenoxy) is 1. The molecule has 0 saturated carbocycles. The summed E-state index contributed by atoms with van der Waals surface area (Å²) < 4.78 is 4.88. The Morgan fingerprint density at radius 2 is 2.44 bits per heavy atom. The van der Waals surface area contributed by atoms with Crippen molar-refractivity contribution in [2.24, 2.45) is 0 Å². The minimum absolute atomic E-state index is 0.514. The molecule has 0 atom stereocenters. The summed E-state index contributed by atoms with van der Waals surface area (Å²) in [5, 5.41) is 0.514. The summed E-state index contributed by atoms with van der Waals surface area (Å²) in [7, 11) is 1.58. The first-order chi connectivity index (χ1) is 4.34. The van der Waals surface area contributed by atoms with Crippen molar-refractivity contribution in [3.05, 3.63) is 18.3 Å². The van der Waals surface area contributed by atoms with Crippen LogP contribution in [-0.2, 0) is 0 Å². The number of rotatable bonds is 1. The highest BCUT2D eigenvalue weighted by atomic mass is 32.1. The van der Waals surface area contributed by atoms with Gasteiger partial charge < -0.3 is 4.74 Å². The molecule has 1 rings (SSSR count). The van der Waals surface area contributed by atoms with Gasteiger partial charge in [0.25, 0.3) is 0 Å². The lowest BCUT2D eigenvalue weighted by Gasteiger charge is -1.97. The zero-order valence-electron chi connectivity index (χ0n) is 5.00. The molecule has 0 aliphatic heterocycles. The number of hydrogen-bond donors (Lipinski definition) is 0. The molecule has 1 heterocycles. The molecule has 0 aromatic carbocycles. The topological polar surface area (TPSA) is 22.1 Å². The Morgan fingerprint density at radius 3 is 2.89 bits per heavy atom. The van der Waals surface area contributed by atoms with Gasteiger partial charge in [-0.05, 0) is 12.1 Å². The molecule has 2 nitrogen and oxygen atoms in total. The third-order valence-electron chi connectivity index (χ3n) is 0.956. The highest BCUT2D eigenvalue weighted by molar-refractivity contribution is 7.80. The van der Waals surface area contributed by atoms with Gasteiger partial charge in [0.1, 0.15) is 0 Å². The quantitative estimate of drug-likeness (QED) is 0.591. The molecule has 0 N–H and O–H groups in total. The predicted octanol–water partition coefficient (Wildman–Crippen LogP) is 1.65. The van der Waals surface area contributed by atoms with Gasteiger partial charge in [-0.25, -0.2) is 4.98 Å². The lowest BCUT2D eigenvalue weighted by atomic mass is 10.5. The number of hydrogen-bond acceptors (Lipinski definition) is 2. The molecule has 1 aromatic rings. The molecular weight excluding hydrogens is 134 g/mol. The second-order valence-electron chi connectivity index (χ2n) is 1.51. The molecule has 9 heavy (non-hydrogen) atoms. The standard InChI is InChI=1S/C6H6NOS/c1-8-5-3-2-4-7-6(5)9/h2-4H,1H3. The third kappa shape index (κ3) is 1.29. The van der Waals surface area contributed by atoms with Crippen LogP contribution >= 0.6 is 12.6 Å². The average molecular weight is 140 g/mol. The summed E-state index contributed by atoms with van der Waals surface area (Å²) in [6.45, 7) is 0. The number of methoxy groups -OCH3 is 1. The second kappa shape index (κ2) is 2.64. The van der Waals surface area contributed by atoms with Crippen LogP contribution in [0.3, 0.4) is 0 Å². The van der Waals surface area contributed by atoms with Crippen LogP contribution in [0.2, 0.25) is 0 Å². The third-order valence-corrected chi connectivity index (χ3v) is 1.26. The van der Waals surface area contributed by atoms with Gasteiger partial charge in [-0.3, -0.25) is 0 Å². The van der Waals surface area contributed by atoms with Gasteiger partial charge >= 0.3 is 0 Å². The summed E-state index contributed by atoms with van der Waals surface area (Å²) in [4.78, 5) is 3.84. The van der Waals surface area contributed by atoms with Crippen molar-refractivity contribution in [3.8, 4) is 5.75 Å². The first-order valence-electron chi connectivity index (χ1n) is 2.50. The fraction of sp³-hybridized carbons (Fsp3) is 0.167. The van der Waals surface area contributed by atoms with Crippen LogP contribution in [-0.4, -0.2) is 12.1 Å². The fourth-order valence-corrected chi connectivity index (χ4v) is 0.744. The van der Waals surface area contributed by atoms with Crippen LogP contribution < -0.4 is 4.74 Å². The van der Waals surface area contributed by atoms with Crippen molar-refractivity contribution in [1.29, 1.82) is 0 Å². The normalized spacial score (nSPS) is 9.00. The molecule has 1 radical (unpaired) electrons. The maximum absolute atomic E-state index is 4.88. The Labute approximate surface area is 59.3 Å². The monoisotopic (exact) mass is 140 g/mol. The summed E-state index contributed by atoms with van der Waals surface area (Å²) in [5.74, 6) is 0.660. The van der Waals surface area contributed by atoms with Crippen molar-refractivity contribution in [2.75, 3.05) is 7.11 Å². The predicted molar refractivity (Wildman–Crippen MR) is 36.6 cm³/mol. The van der Waals surface area contributed by atoms with Crippen molar-refractivity contribution in [1.82, 2.24) is 4.98 Å². The second-order valence-corrected chi connectivity index (χ2v) is 1.90. The maximum Gasteiger partial charge on any atom is 0.168 e. The van der Waals surface area contributed by atoms with Gasteiger partial charge in [0.05, 0.1) is 7.11 Å².